The van der Waals surface area contributed by atoms with Crippen LogP contribution >= 0.6 is 58.0 Å². The molecule has 172 valence electrons. The van der Waals surface area contributed by atoms with Crippen molar-refractivity contribution in [2.45, 2.75) is 42.9 Å². The van der Waals surface area contributed by atoms with Gasteiger partial charge in [0.1, 0.15) is 4.33 Å². The van der Waals surface area contributed by atoms with E-state index in [-0.39, 0.29) is 17.4 Å². The van der Waals surface area contributed by atoms with Gasteiger partial charge in [-0.2, -0.15) is 0 Å². The van der Waals surface area contributed by atoms with E-state index in [4.69, 9.17) is 58.0 Å². The van der Waals surface area contributed by atoms with E-state index in [2.05, 4.69) is 17.6 Å². The number of halogens is 5. The van der Waals surface area contributed by atoms with Crippen LogP contribution in [0.15, 0.2) is 36.4 Å². The SMILES string of the molecule is CCCCCCNC(=O)c1cc(NC(=O)[C@H]2[C@H](c3cc(Cl)cc(Cl)c3)C2(Cl)Cl)ccc1Cl. The van der Waals surface area contributed by atoms with E-state index in [0.29, 0.717) is 32.9 Å². The topological polar surface area (TPSA) is 58.2 Å². The Labute approximate surface area is 212 Å². The summed E-state index contributed by atoms with van der Waals surface area (Å²) in [5.41, 5.74) is 1.40. The lowest BCUT2D eigenvalue weighted by Gasteiger charge is -2.10. The summed E-state index contributed by atoms with van der Waals surface area (Å²) in [6.07, 6.45) is 4.21. The number of benzene rings is 2. The Morgan fingerprint density at radius 3 is 2.31 bits per heavy atom. The first-order chi connectivity index (χ1) is 15.1. The van der Waals surface area contributed by atoms with Gasteiger partial charge in [0.25, 0.3) is 5.91 Å². The van der Waals surface area contributed by atoms with Crippen LogP contribution in [0.25, 0.3) is 0 Å². The first-order valence-corrected chi connectivity index (χ1v) is 12.3. The molecule has 2 atom stereocenters. The molecule has 1 saturated carbocycles. The number of alkyl halides is 2. The van der Waals surface area contributed by atoms with Gasteiger partial charge < -0.3 is 10.6 Å². The van der Waals surface area contributed by atoms with Crippen molar-refractivity contribution in [2.24, 2.45) is 5.92 Å². The number of unbranched alkanes of at least 4 members (excludes halogenated alkanes) is 3. The predicted molar refractivity (Wildman–Crippen MR) is 134 cm³/mol. The first-order valence-electron chi connectivity index (χ1n) is 10.4. The Bertz CT molecular complexity index is 992. The lowest BCUT2D eigenvalue weighted by molar-refractivity contribution is -0.117. The van der Waals surface area contributed by atoms with Crippen molar-refractivity contribution in [3.63, 3.8) is 0 Å². The molecule has 2 N–H and O–H groups in total. The minimum atomic E-state index is -1.29. The molecule has 0 aliphatic heterocycles. The minimum absolute atomic E-state index is 0.288. The van der Waals surface area contributed by atoms with E-state index >= 15 is 0 Å². The number of nitrogens with one attached hydrogen (secondary N) is 2. The lowest BCUT2D eigenvalue weighted by Crippen LogP contribution is -2.25. The van der Waals surface area contributed by atoms with Gasteiger partial charge in [0.2, 0.25) is 5.91 Å². The molecule has 4 nitrogen and oxygen atoms in total. The molecule has 2 amide bonds. The summed E-state index contributed by atoms with van der Waals surface area (Å²) in [4.78, 5) is 25.4. The smallest absolute Gasteiger partial charge is 0.252 e. The molecule has 0 unspecified atom stereocenters. The van der Waals surface area contributed by atoms with Crippen molar-refractivity contribution in [1.29, 1.82) is 0 Å². The van der Waals surface area contributed by atoms with Crippen LogP contribution in [-0.4, -0.2) is 22.7 Å². The molecule has 9 heteroatoms. The standard InChI is InChI=1S/C23H23Cl5N2O2/c1-2-3-4-5-8-29-21(31)17-12-16(6-7-18(17)26)30-22(32)20-19(23(20,27)28)13-9-14(24)11-15(25)10-13/h6-7,9-12,19-20H,2-5,8H2,1H3,(H,29,31)(H,30,32)/t19-,20+/m0/s1. The number of amides is 2. The monoisotopic (exact) mass is 534 g/mol. The fraction of sp³-hybridized carbons (Fsp3) is 0.391. The maximum atomic E-state index is 12.9. The van der Waals surface area contributed by atoms with Gasteiger partial charge in [-0.25, -0.2) is 0 Å². The largest absolute Gasteiger partial charge is 0.352 e. The maximum absolute atomic E-state index is 12.9. The zero-order chi connectivity index (χ0) is 23.5. The van der Waals surface area contributed by atoms with Gasteiger partial charge in [0.05, 0.1) is 16.5 Å². The second-order valence-corrected chi connectivity index (χ2v) is 10.6. The van der Waals surface area contributed by atoms with Crippen LogP contribution in [-0.2, 0) is 4.79 Å². The average Bonchev–Trinajstić information content (AvgIpc) is 3.30. The third-order valence-electron chi connectivity index (χ3n) is 5.37. The summed E-state index contributed by atoms with van der Waals surface area (Å²) >= 11 is 31.2. The van der Waals surface area contributed by atoms with Gasteiger partial charge in [0.15, 0.2) is 0 Å². The second kappa shape index (κ2) is 10.8. The third-order valence-corrected chi connectivity index (χ3v) is 7.08. The van der Waals surface area contributed by atoms with Crippen LogP contribution in [0.5, 0.6) is 0 Å². The number of rotatable bonds is 9. The molecule has 0 radical (unpaired) electrons. The van der Waals surface area contributed by atoms with E-state index in [9.17, 15) is 9.59 Å². The minimum Gasteiger partial charge on any atom is -0.352 e. The van der Waals surface area contributed by atoms with Crippen molar-refractivity contribution in [3.05, 3.63) is 62.6 Å². The van der Waals surface area contributed by atoms with Crippen LogP contribution in [0, 0.1) is 5.92 Å². The Morgan fingerprint density at radius 2 is 1.66 bits per heavy atom. The molecular formula is C23H23Cl5N2O2. The van der Waals surface area contributed by atoms with E-state index in [1.54, 1.807) is 36.4 Å². The molecule has 2 aromatic carbocycles. The first kappa shape index (κ1) is 25.5. The summed E-state index contributed by atoms with van der Waals surface area (Å²) in [6.45, 7) is 2.70. The maximum Gasteiger partial charge on any atom is 0.252 e. The zero-order valence-corrected chi connectivity index (χ0v) is 21.1. The second-order valence-electron chi connectivity index (χ2n) is 7.83. The molecule has 1 aliphatic rings. The van der Waals surface area contributed by atoms with Gasteiger partial charge in [-0.3, -0.25) is 9.59 Å². The number of hydrogen-bond acceptors (Lipinski definition) is 2. The molecule has 2 aromatic rings. The van der Waals surface area contributed by atoms with E-state index in [0.717, 1.165) is 25.7 Å². The predicted octanol–water partition coefficient (Wildman–Crippen LogP) is 7.48. The highest BCUT2D eigenvalue weighted by Crippen LogP contribution is 2.65. The van der Waals surface area contributed by atoms with Crippen molar-refractivity contribution in [3.8, 4) is 0 Å². The third kappa shape index (κ3) is 6.03. The molecule has 0 saturated heterocycles. The number of carbonyl (C=O) groups excluding carboxylic acids is 2. The molecule has 32 heavy (non-hydrogen) atoms. The van der Waals surface area contributed by atoms with Gasteiger partial charge in [-0.15, -0.1) is 23.2 Å². The Balaban J connectivity index is 1.67. The van der Waals surface area contributed by atoms with Crippen LogP contribution < -0.4 is 10.6 Å². The van der Waals surface area contributed by atoms with Crippen molar-refractivity contribution in [1.82, 2.24) is 5.32 Å². The molecule has 0 aromatic heterocycles. The highest BCUT2D eigenvalue weighted by molar-refractivity contribution is 6.53. The zero-order valence-electron chi connectivity index (χ0n) is 17.4. The summed E-state index contributed by atoms with van der Waals surface area (Å²) in [6, 6.07) is 9.71. The van der Waals surface area contributed by atoms with E-state index < -0.39 is 16.2 Å². The Kier molecular flexibility index (Phi) is 8.62. The van der Waals surface area contributed by atoms with Crippen molar-refractivity contribution >= 4 is 75.5 Å². The van der Waals surface area contributed by atoms with E-state index in [1.165, 1.54) is 0 Å². The molecule has 3 rings (SSSR count). The normalized spacial score (nSPS) is 18.8. The van der Waals surface area contributed by atoms with Crippen LogP contribution in [0.3, 0.4) is 0 Å². The molecular weight excluding hydrogens is 514 g/mol. The number of carbonyl (C=O) groups is 2. The summed E-state index contributed by atoms with van der Waals surface area (Å²) < 4.78 is -1.29. The molecule has 0 bridgehead atoms. The van der Waals surface area contributed by atoms with Gasteiger partial charge in [-0.05, 0) is 48.4 Å². The van der Waals surface area contributed by atoms with Gasteiger partial charge in [0, 0.05) is 28.2 Å². The van der Waals surface area contributed by atoms with Crippen LogP contribution in [0.2, 0.25) is 15.1 Å². The molecule has 1 aliphatic carbocycles. The summed E-state index contributed by atoms with van der Waals surface area (Å²) in [5, 5.41) is 6.82. The van der Waals surface area contributed by atoms with Crippen LogP contribution in [0.4, 0.5) is 5.69 Å². The average molecular weight is 537 g/mol. The van der Waals surface area contributed by atoms with Crippen molar-refractivity contribution in [2.75, 3.05) is 11.9 Å². The highest BCUT2D eigenvalue weighted by atomic mass is 35.5. The Hall–Kier alpha value is -1.17. The van der Waals surface area contributed by atoms with Crippen molar-refractivity contribution < 1.29 is 9.59 Å². The van der Waals surface area contributed by atoms with E-state index in [1.807, 2.05) is 0 Å². The summed E-state index contributed by atoms with van der Waals surface area (Å²) in [5.74, 6) is -1.82. The lowest BCUT2D eigenvalue weighted by atomic mass is 10.1. The Morgan fingerprint density at radius 1 is 0.969 bits per heavy atom. The molecule has 0 spiro atoms. The fourth-order valence-corrected chi connectivity index (χ4v) is 5.24. The fourth-order valence-electron chi connectivity index (χ4n) is 3.67. The molecule has 1 fully saturated rings. The van der Waals surface area contributed by atoms with Gasteiger partial charge >= 0.3 is 0 Å². The van der Waals surface area contributed by atoms with Gasteiger partial charge in [-0.1, -0.05) is 61.0 Å². The highest BCUT2D eigenvalue weighted by Gasteiger charge is 2.67. The number of anilines is 1. The molecule has 0 heterocycles. The quantitative estimate of drug-likeness (QED) is 0.258. The van der Waals surface area contributed by atoms with Crippen LogP contribution in [0.1, 0.15) is 54.4 Å². The summed E-state index contributed by atoms with van der Waals surface area (Å²) in [7, 11) is 0. The number of hydrogen-bond donors (Lipinski definition) is 2.